The molecule has 2 N–H and O–H groups in total. The van der Waals surface area contributed by atoms with Crippen LogP contribution in [0.3, 0.4) is 0 Å². The van der Waals surface area contributed by atoms with Crippen LogP contribution in [0.25, 0.3) is 10.9 Å². The molecule has 2 aliphatic heterocycles. The number of halogens is 1. The summed E-state index contributed by atoms with van der Waals surface area (Å²) in [5.41, 5.74) is 7.80. The molecule has 29 heavy (non-hydrogen) atoms. The van der Waals surface area contributed by atoms with Crippen LogP contribution in [0.2, 0.25) is 5.15 Å². The van der Waals surface area contributed by atoms with Gasteiger partial charge in [-0.25, -0.2) is 4.98 Å². The van der Waals surface area contributed by atoms with Crippen molar-refractivity contribution in [2.75, 3.05) is 13.2 Å². The minimum Gasteiger partial charge on any atom is -0.486 e. The van der Waals surface area contributed by atoms with Gasteiger partial charge < -0.3 is 19.9 Å². The van der Waals surface area contributed by atoms with Crippen molar-refractivity contribution < 1.29 is 19.0 Å². The van der Waals surface area contributed by atoms with Crippen molar-refractivity contribution in [1.82, 2.24) is 4.98 Å². The number of ether oxygens (including phenoxy) is 3. The van der Waals surface area contributed by atoms with Crippen LogP contribution in [-0.2, 0) is 9.53 Å². The van der Waals surface area contributed by atoms with Crippen molar-refractivity contribution in [2.45, 2.75) is 25.2 Å². The highest BCUT2D eigenvalue weighted by Crippen LogP contribution is 2.46. The molecule has 0 saturated heterocycles. The second kappa shape index (κ2) is 6.68. The van der Waals surface area contributed by atoms with Crippen LogP contribution in [-0.4, -0.2) is 24.0 Å². The first-order chi connectivity index (χ1) is 14.1. The molecule has 0 spiro atoms. The maximum Gasteiger partial charge on any atom is 0.205 e. The SMILES string of the molecule is N#CC1=C(N)OC2=C(C(=O)CCC2)C1c1cc2cc3c(cc2nc1Cl)OCCO3. The Balaban J connectivity index is 1.72. The van der Waals surface area contributed by atoms with Crippen molar-refractivity contribution in [2.24, 2.45) is 5.73 Å². The standard InChI is InChI=1S/C21H16ClN3O4/c22-20-11(6-10-7-16-17(8-13(10)25-20)28-5-4-27-16)18-12(9-23)21(24)29-15-3-1-2-14(26)19(15)18/h6-8,18H,1-5,24H2. The van der Waals surface area contributed by atoms with Crippen LogP contribution in [0.1, 0.15) is 30.7 Å². The van der Waals surface area contributed by atoms with E-state index < -0.39 is 5.92 Å². The number of rotatable bonds is 1. The van der Waals surface area contributed by atoms with Gasteiger partial charge in [0.05, 0.1) is 11.4 Å². The summed E-state index contributed by atoms with van der Waals surface area (Å²) in [6.07, 6.45) is 1.68. The number of nitrogens with zero attached hydrogens (tertiary/aromatic N) is 2. The van der Waals surface area contributed by atoms with Gasteiger partial charge >= 0.3 is 0 Å². The van der Waals surface area contributed by atoms with Crippen molar-refractivity contribution in [3.05, 3.63) is 51.7 Å². The molecule has 0 bridgehead atoms. The molecule has 7 nitrogen and oxygen atoms in total. The molecule has 2 aromatic rings. The largest absolute Gasteiger partial charge is 0.486 e. The highest BCUT2D eigenvalue weighted by molar-refractivity contribution is 6.31. The Morgan fingerprint density at radius 1 is 1.17 bits per heavy atom. The number of aromatic nitrogens is 1. The number of hydrogen-bond donors (Lipinski definition) is 1. The predicted octanol–water partition coefficient (Wildman–Crippen LogP) is 3.47. The number of ketones is 1. The van der Waals surface area contributed by atoms with Gasteiger partial charge in [0, 0.05) is 35.4 Å². The van der Waals surface area contributed by atoms with Crippen LogP contribution in [0.4, 0.5) is 0 Å². The lowest BCUT2D eigenvalue weighted by atomic mass is 9.78. The minimum absolute atomic E-state index is 0.00397. The molecule has 1 aromatic carbocycles. The second-order valence-electron chi connectivity index (χ2n) is 7.10. The number of allylic oxidation sites excluding steroid dienone is 3. The smallest absolute Gasteiger partial charge is 0.205 e. The molecule has 0 saturated carbocycles. The summed E-state index contributed by atoms with van der Waals surface area (Å²) in [7, 11) is 0. The Morgan fingerprint density at radius 3 is 2.69 bits per heavy atom. The average Bonchev–Trinajstić information content (AvgIpc) is 2.71. The van der Waals surface area contributed by atoms with Crippen LogP contribution in [0.5, 0.6) is 11.5 Å². The van der Waals surface area contributed by atoms with Gasteiger partial charge in [0.1, 0.15) is 35.8 Å². The lowest BCUT2D eigenvalue weighted by Gasteiger charge is -2.31. The molecular formula is C21H16ClN3O4. The molecule has 8 heteroatoms. The van der Waals surface area contributed by atoms with Crippen molar-refractivity contribution in [1.29, 1.82) is 5.26 Å². The van der Waals surface area contributed by atoms with Crippen LogP contribution >= 0.6 is 11.6 Å². The van der Waals surface area contributed by atoms with E-state index in [4.69, 9.17) is 31.5 Å². The number of nitrogens with two attached hydrogens (primary N) is 1. The van der Waals surface area contributed by atoms with E-state index in [-0.39, 0.29) is 22.4 Å². The third-order valence-electron chi connectivity index (χ3n) is 5.38. The first kappa shape index (κ1) is 17.8. The Morgan fingerprint density at radius 2 is 1.93 bits per heavy atom. The summed E-state index contributed by atoms with van der Waals surface area (Å²) in [5.74, 6) is 0.991. The molecule has 0 radical (unpaired) electrons. The molecule has 1 atom stereocenters. The number of carbonyl (C=O) groups excluding carboxylic acids is 1. The van der Waals surface area contributed by atoms with Gasteiger partial charge in [0.2, 0.25) is 5.88 Å². The fourth-order valence-electron chi connectivity index (χ4n) is 4.07. The lowest BCUT2D eigenvalue weighted by Crippen LogP contribution is -2.27. The molecular weight excluding hydrogens is 394 g/mol. The molecule has 1 aliphatic carbocycles. The summed E-state index contributed by atoms with van der Waals surface area (Å²) in [5, 5.41) is 10.7. The van der Waals surface area contributed by atoms with Crippen LogP contribution < -0.4 is 15.2 Å². The molecule has 5 rings (SSSR count). The van der Waals surface area contributed by atoms with Gasteiger partial charge in [-0.05, 0) is 18.6 Å². The lowest BCUT2D eigenvalue weighted by molar-refractivity contribution is -0.116. The Hall–Kier alpha value is -3.24. The van der Waals surface area contributed by atoms with Gasteiger partial charge in [-0.1, -0.05) is 11.6 Å². The first-order valence-corrected chi connectivity index (χ1v) is 9.68. The summed E-state index contributed by atoms with van der Waals surface area (Å²) in [6.45, 7) is 0.940. The van der Waals surface area contributed by atoms with E-state index in [0.29, 0.717) is 66.4 Å². The van der Waals surface area contributed by atoms with E-state index in [2.05, 4.69) is 11.1 Å². The van der Waals surface area contributed by atoms with Gasteiger partial charge in [-0.2, -0.15) is 5.26 Å². The van der Waals surface area contributed by atoms with Crippen LogP contribution in [0.15, 0.2) is 41.0 Å². The zero-order valence-electron chi connectivity index (χ0n) is 15.3. The number of fused-ring (bicyclic) bond motifs is 2. The van der Waals surface area contributed by atoms with Gasteiger partial charge in [0.25, 0.3) is 0 Å². The Kier molecular flexibility index (Phi) is 4.10. The molecule has 146 valence electrons. The van der Waals surface area contributed by atoms with E-state index in [1.165, 1.54) is 0 Å². The van der Waals surface area contributed by atoms with E-state index in [1.54, 1.807) is 6.07 Å². The molecule has 3 aliphatic rings. The summed E-state index contributed by atoms with van der Waals surface area (Å²) in [6, 6.07) is 7.52. The number of benzene rings is 1. The second-order valence-corrected chi connectivity index (χ2v) is 7.45. The number of pyridine rings is 1. The number of nitriles is 1. The fraction of sp³-hybridized carbons (Fsp3) is 0.286. The minimum atomic E-state index is -0.700. The van der Waals surface area contributed by atoms with Gasteiger partial charge in [-0.3, -0.25) is 4.79 Å². The topological polar surface area (TPSA) is 107 Å². The molecule has 0 fully saturated rings. The van der Waals surface area contributed by atoms with E-state index >= 15 is 0 Å². The maximum absolute atomic E-state index is 12.7. The maximum atomic E-state index is 12.7. The highest BCUT2D eigenvalue weighted by atomic mass is 35.5. The molecule has 1 aromatic heterocycles. The van der Waals surface area contributed by atoms with E-state index in [1.807, 2.05) is 12.1 Å². The monoisotopic (exact) mass is 409 g/mol. The van der Waals surface area contributed by atoms with E-state index in [9.17, 15) is 10.1 Å². The summed E-state index contributed by atoms with van der Waals surface area (Å²) >= 11 is 6.54. The van der Waals surface area contributed by atoms with E-state index in [0.717, 1.165) is 5.39 Å². The normalized spacial score (nSPS) is 21.0. The predicted molar refractivity (Wildman–Crippen MR) is 104 cm³/mol. The fourth-order valence-corrected chi connectivity index (χ4v) is 4.33. The van der Waals surface area contributed by atoms with Crippen molar-refractivity contribution in [3.8, 4) is 17.6 Å². The van der Waals surface area contributed by atoms with Gasteiger partial charge in [0.15, 0.2) is 17.3 Å². The molecule has 3 heterocycles. The van der Waals surface area contributed by atoms with Crippen molar-refractivity contribution in [3.63, 3.8) is 0 Å². The number of carbonyl (C=O) groups is 1. The van der Waals surface area contributed by atoms with Crippen molar-refractivity contribution >= 4 is 28.3 Å². The molecule has 1 unspecified atom stereocenters. The van der Waals surface area contributed by atoms with Crippen LogP contribution in [0, 0.1) is 11.3 Å². The average molecular weight is 410 g/mol. The number of Topliss-reactive ketones (excluding diaryl/α,β-unsaturated/α-hetero) is 1. The Bertz CT molecular complexity index is 1180. The van der Waals surface area contributed by atoms with Gasteiger partial charge in [-0.15, -0.1) is 0 Å². The zero-order valence-corrected chi connectivity index (χ0v) is 16.1. The zero-order chi connectivity index (χ0) is 20.1. The third kappa shape index (κ3) is 2.79. The number of hydrogen-bond acceptors (Lipinski definition) is 7. The third-order valence-corrected chi connectivity index (χ3v) is 5.68. The summed E-state index contributed by atoms with van der Waals surface area (Å²) in [4.78, 5) is 17.2. The molecule has 0 amide bonds. The summed E-state index contributed by atoms with van der Waals surface area (Å²) < 4.78 is 16.9. The highest BCUT2D eigenvalue weighted by Gasteiger charge is 2.39. The first-order valence-electron chi connectivity index (χ1n) is 9.30. The quantitative estimate of drug-likeness (QED) is 0.718. The Labute approximate surface area is 171 Å².